The predicted molar refractivity (Wildman–Crippen MR) is 66.9 cm³/mol. The Balaban J connectivity index is 1.87. The summed E-state index contributed by atoms with van der Waals surface area (Å²) in [6.07, 6.45) is 8.13. The summed E-state index contributed by atoms with van der Waals surface area (Å²) in [5.41, 5.74) is 5.74. The topological polar surface area (TPSA) is 73.5 Å². The molecule has 1 aliphatic carbocycles. The van der Waals surface area contributed by atoms with Gasteiger partial charge < -0.3 is 10.2 Å². The highest BCUT2D eigenvalue weighted by Gasteiger charge is 2.24. The number of nitrogens with one attached hydrogen (secondary N) is 3. The SMILES string of the molecule is CNNC(=O)C1=CN(CC(=O)NC2CC2)C=CC1. The molecule has 6 heteroatoms. The summed E-state index contributed by atoms with van der Waals surface area (Å²) >= 11 is 0. The van der Waals surface area contributed by atoms with Gasteiger partial charge in [-0.2, -0.15) is 0 Å². The van der Waals surface area contributed by atoms with E-state index < -0.39 is 0 Å². The highest BCUT2D eigenvalue weighted by atomic mass is 16.2. The zero-order valence-corrected chi connectivity index (χ0v) is 10.4. The molecule has 0 unspecified atom stereocenters. The zero-order valence-electron chi connectivity index (χ0n) is 10.4. The summed E-state index contributed by atoms with van der Waals surface area (Å²) in [4.78, 5) is 25.0. The minimum absolute atomic E-state index is 0.00586. The molecule has 0 spiro atoms. The van der Waals surface area contributed by atoms with Gasteiger partial charge in [0.05, 0.1) is 0 Å². The summed E-state index contributed by atoms with van der Waals surface area (Å²) < 4.78 is 0. The monoisotopic (exact) mass is 250 g/mol. The summed E-state index contributed by atoms with van der Waals surface area (Å²) in [5.74, 6) is -0.178. The maximum absolute atomic E-state index is 11.6. The van der Waals surface area contributed by atoms with Crippen LogP contribution in [0.1, 0.15) is 19.3 Å². The number of allylic oxidation sites excluding steroid dienone is 1. The van der Waals surface area contributed by atoms with E-state index in [-0.39, 0.29) is 18.4 Å². The number of carbonyl (C=O) groups is 2. The van der Waals surface area contributed by atoms with Crippen LogP contribution in [0.2, 0.25) is 0 Å². The zero-order chi connectivity index (χ0) is 13.0. The highest BCUT2D eigenvalue weighted by Crippen LogP contribution is 2.18. The molecule has 0 aromatic rings. The molecule has 2 aliphatic rings. The maximum Gasteiger partial charge on any atom is 0.263 e. The molecule has 98 valence electrons. The van der Waals surface area contributed by atoms with E-state index in [0.29, 0.717) is 18.0 Å². The Morgan fingerprint density at radius 2 is 2.22 bits per heavy atom. The number of amides is 2. The van der Waals surface area contributed by atoms with Crippen molar-refractivity contribution in [3.63, 3.8) is 0 Å². The van der Waals surface area contributed by atoms with Gasteiger partial charge >= 0.3 is 0 Å². The maximum atomic E-state index is 11.6. The Morgan fingerprint density at radius 1 is 1.44 bits per heavy atom. The van der Waals surface area contributed by atoms with Crippen LogP contribution in [-0.4, -0.2) is 36.3 Å². The van der Waals surface area contributed by atoms with Gasteiger partial charge in [0.25, 0.3) is 5.91 Å². The third-order valence-electron chi connectivity index (χ3n) is 2.76. The molecule has 6 nitrogen and oxygen atoms in total. The fourth-order valence-corrected chi connectivity index (χ4v) is 1.72. The summed E-state index contributed by atoms with van der Waals surface area (Å²) in [5, 5.41) is 2.91. The van der Waals surface area contributed by atoms with E-state index in [9.17, 15) is 9.59 Å². The van der Waals surface area contributed by atoms with Crippen molar-refractivity contribution in [2.45, 2.75) is 25.3 Å². The van der Waals surface area contributed by atoms with E-state index >= 15 is 0 Å². The Bertz CT molecular complexity index is 399. The van der Waals surface area contributed by atoms with Crippen LogP contribution in [0.4, 0.5) is 0 Å². The Morgan fingerprint density at radius 3 is 2.89 bits per heavy atom. The van der Waals surface area contributed by atoms with Gasteiger partial charge in [-0.3, -0.25) is 15.0 Å². The first-order valence-corrected chi connectivity index (χ1v) is 6.08. The van der Waals surface area contributed by atoms with E-state index in [1.54, 1.807) is 18.1 Å². The molecule has 1 aliphatic heterocycles. The fourth-order valence-electron chi connectivity index (χ4n) is 1.72. The first-order valence-electron chi connectivity index (χ1n) is 6.08. The molecule has 0 radical (unpaired) electrons. The molecule has 3 N–H and O–H groups in total. The Kier molecular flexibility index (Phi) is 3.99. The van der Waals surface area contributed by atoms with E-state index in [1.807, 2.05) is 12.3 Å². The molecule has 0 aromatic heterocycles. The van der Waals surface area contributed by atoms with Crippen LogP contribution < -0.4 is 16.2 Å². The smallest absolute Gasteiger partial charge is 0.263 e. The Labute approximate surface area is 106 Å². The van der Waals surface area contributed by atoms with Crippen molar-refractivity contribution in [1.29, 1.82) is 0 Å². The largest absolute Gasteiger partial charge is 0.352 e. The number of hydrazine groups is 1. The molecule has 2 rings (SSSR count). The third kappa shape index (κ3) is 3.59. The van der Waals surface area contributed by atoms with Crippen LogP contribution >= 0.6 is 0 Å². The van der Waals surface area contributed by atoms with Crippen molar-refractivity contribution in [3.05, 3.63) is 24.0 Å². The molecule has 0 aromatic carbocycles. The van der Waals surface area contributed by atoms with Gasteiger partial charge in [-0.25, -0.2) is 5.43 Å². The first kappa shape index (κ1) is 12.6. The summed E-state index contributed by atoms with van der Waals surface area (Å²) in [6, 6.07) is 0.363. The standard InChI is InChI=1S/C12H18N4O2/c1-13-15-12(18)9-3-2-6-16(7-9)8-11(17)14-10-4-5-10/h2,6-7,10,13H,3-5,8H2,1H3,(H,14,17)(H,15,18). The van der Waals surface area contributed by atoms with Crippen molar-refractivity contribution in [1.82, 2.24) is 21.1 Å². The van der Waals surface area contributed by atoms with Crippen molar-refractivity contribution in [3.8, 4) is 0 Å². The molecule has 0 saturated heterocycles. The average molecular weight is 250 g/mol. The number of hydrogen-bond acceptors (Lipinski definition) is 4. The lowest BCUT2D eigenvalue weighted by atomic mass is 10.1. The van der Waals surface area contributed by atoms with Gasteiger partial charge in [0.2, 0.25) is 5.91 Å². The third-order valence-corrected chi connectivity index (χ3v) is 2.76. The molecular weight excluding hydrogens is 232 g/mol. The van der Waals surface area contributed by atoms with Crippen LogP contribution in [0.25, 0.3) is 0 Å². The Hall–Kier alpha value is -1.82. The van der Waals surface area contributed by atoms with Crippen molar-refractivity contribution in [2.75, 3.05) is 13.6 Å². The van der Waals surface area contributed by atoms with Crippen LogP contribution in [0.5, 0.6) is 0 Å². The van der Waals surface area contributed by atoms with Crippen LogP contribution in [0, 0.1) is 0 Å². The van der Waals surface area contributed by atoms with Gasteiger partial charge in [-0.1, -0.05) is 6.08 Å². The molecule has 2 amide bonds. The number of nitrogens with zero attached hydrogens (tertiary/aromatic N) is 1. The van der Waals surface area contributed by atoms with Gasteiger partial charge in [0.15, 0.2) is 0 Å². The number of rotatable bonds is 5. The lowest BCUT2D eigenvalue weighted by Gasteiger charge is -2.20. The molecule has 0 atom stereocenters. The van der Waals surface area contributed by atoms with E-state index in [4.69, 9.17) is 0 Å². The van der Waals surface area contributed by atoms with Crippen LogP contribution in [-0.2, 0) is 9.59 Å². The van der Waals surface area contributed by atoms with Crippen LogP contribution in [0.3, 0.4) is 0 Å². The molecule has 0 bridgehead atoms. The minimum Gasteiger partial charge on any atom is -0.352 e. The van der Waals surface area contributed by atoms with Gasteiger partial charge in [-0.05, 0) is 19.3 Å². The number of hydrogen-bond donors (Lipinski definition) is 3. The van der Waals surface area contributed by atoms with Crippen molar-refractivity contribution >= 4 is 11.8 Å². The highest BCUT2D eigenvalue weighted by molar-refractivity contribution is 5.93. The van der Waals surface area contributed by atoms with E-state index in [2.05, 4.69) is 16.2 Å². The molecular formula is C12H18N4O2. The molecule has 1 heterocycles. The molecule has 1 saturated carbocycles. The first-order chi connectivity index (χ1) is 8.69. The second kappa shape index (κ2) is 5.68. The normalized spacial score (nSPS) is 18.3. The average Bonchev–Trinajstić information content (AvgIpc) is 3.13. The number of carbonyl (C=O) groups excluding carboxylic acids is 2. The quantitative estimate of drug-likeness (QED) is 0.582. The predicted octanol–water partition coefficient (Wildman–Crippen LogP) is -0.381. The van der Waals surface area contributed by atoms with Crippen molar-refractivity contribution in [2.24, 2.45) is 0 Å². The fraction of sp³-hybridized carbons (Fsp3) is 0.500. The van der Waals surface area contributed by atoms with Gasteiger partial charge in [0.1, 0.15) is 6.54 Å². The minimum atomic E-state index is -0.172. The summed E-state index contributed by atoms with van der Waals surface area (Å²) in [7, 11) is 1.64. The summed E-state index contributed by atoms with van der Waals surface area (Å²) in [6.45, 7) is 0.253. The van der Waals surface area contributed by atoms with E-state index in [0.717, 1.165) is 12.8 Å². The second-order valence-corrected chi connectivity index (χ2v) is 4.46. The van der Waals surface area contributed by atoms with Gasteiger partial charge in [-0.15, -0.1) is 0 Å². The van der Waals surface area contributed by atoms with E-state index in [1.165, 1.54) is 0 Å². The van der Waals surface area contributed by atoms with Gasteiger partial charge in [0, 0.05) is 31.1 Å². The van der Waals surface area contributed by atoms with Crippen molar-refractivity contribution < 1.29 is 9.59 Å². The second-order valence-electron chi connectivity index (χ2n) is 4.46. The van der Waals surface area contributed by atoms with Crippen LogP contribution in [0.15, 0.2) is 24.0 Å². The molecule has 1 fully saturated rings. The lowest BCUT2D eigenvalue weighted by molar-refractivity contribution is -0.122. The molecule has 18 heavy (non-hydrogen) atoms. The lowest BCUT2D eigenvalue weighted by Crippen LogP contribution is -2.37.